The van der Waals surface area contributed by atoms with E-state index < -0.39 is 11.8 Å². The summed E-state index contributed by atoms with van der Waals surface area (Å²) in [5.74, 6) is -0.327. The molecule has 0 saturated heterocycles. The van der Waals surface area contributed by atoms with E-state index in [1.807, 2.05) is 6.92 Å². The number of ether oxygens (including phenoxy) is 1. The van der Waals surface area contributed by atoms with Crippen LogP contribution in [0.2, 0.25) is 5.02 Å². The van der Waals surface area contributed by atoms with E-state index in [4.69, 9.17) is 28.6 Å². The number of aryl methyl sites for hydroxylation is 1. The molecule has 0 aliphatic heterocycles. The highest BCUT2D eigenvalue weighted by atomic mass is 35.5. The van der Waals surface area contributed by atoms with E-state index in [-0.39, 0.29) is 23.5 Å². The predicted octanol–water partition coefficient (Wildman–Crippen LogP) is 3.88. The van der Waals surface area contributed by atoms with Crippen molar-refractivity contribution in [3.63, 3.8) is 0 Å². The van der Waals surface area contributed by atoms with Crippen molar-refractivity contribution < 1.29 is 19.1 Å². The van der Waals surface area contributed by atoms with Crippen molar-refractivity contribution in [3.05, 3.63) is 58.6 Å². The molecule has 34 heavy (non-hydrogen) atoms. The zero-order valence-corrected chi connectivity index (χ0v) is 20.4. The second kappa shape index (κ2) is 12.3. The van der Waals surface area contributed by atoms with Gasteiger partial charge in [0.2, 0.25) is 5.91 Å². The summed E-state index contributed by atoms with van der Waals surface area (Å²) in [7, 11) is 0. The molecule has 3 amide bonds. The van der Waals surface area contributed by atoms with Crippen LogP contribution in [0.1, 0.15) is 48.0 Å². The summed E-state index contributed by atoms with van der Waals surface area (Å²) in [6.07, 6.45) is 5.19. The number of hydrogen-bond acceptors (Lipinski definition) is 5. The summed E-state index contributed by atoms with van der Waals surface area (Å²) in [6, 6.07) is 11.6. The third-order valence-corrected chi connectivity index (χ3v) is 5.87. The standard InChI is InChI=1S/C24H27ClN4O4S/c1-15-13-18(25)9-12-20(15)33-14-21(30)27-24(34)29-28-23(32)17-7-10-19(11-8-17)26-22(31)16-5-3-2-4-6-16/h7-13,16H,2-6,14H2,1H3,(H,26,31)(H,28,32)(H2,27,29,30,34). The number of thiocarbonyl (C=S) groups is 1. The minimum Gasteiger partial charge on any atom is -0.483 e. The average Bonchev–Trinajstić information content (AvgIpc) is 2.83. The van der Waals surface area contributed by atoms with Crippen LogP contribution in [0.3, 0.4) is 0 Å². The summed E-state index contributed by atoms with van der Waals surface area (Å²) in [6.45, 7) is 1.56. The van der Waals surface area contributed by atoms with Crippen molar-refractivity contribution in [1.82, 2.24) is 16.2 Å². The number of amides is 3. The number of carbonyl (C=O) groups is 3. The highest BCUT2D eigenvalue weighted by molar-refractivity contribution is 7.80. The first-order chi connectivity index (χ1) is 16.3. The minimum atomic E-state index is -0.487. The van der Waals surface area contributed by atoms with Crippen molar-refractivity contribution in [2.45, 2.75) is 39.0 Å². The summed E-state index contributed by atoms with van der Waals surface area (Å²) in [4.78, 5) is 36.7. The second-order valence-electron chi connectivity index (χ2n) is 8.06. The summed E-state index contributed by atoms with van der Waals surface area (Å²) in [5, 5.41) is 5.82. The lowest BCUT2D eigenvalue weighted by Crippen LogP contribution is -2.49. The zero-order chi connectivity index (χ0) is 24.5. The molecule has 1 saturated carbocycles. The topological polar surface area (TPSA) is 109 Å². The highest BCUT2D eigenvalue weighted by Gasteiger charge is 2.21. The third-order valence-electron chi connectivity index (χ3n) is 5.43. The molecule has 1 aliphatic carbocycles. The fourth-order valence-electron chi connectivity index (χ4n) is 3.61. The minimum absolute atomic E-state index is 0.0230. The summed E-state index contributed by atoms with van der Waals surface area (Å²) < 4.78 is 5.45. The Morgan fingerprint density at radius 1 is 1.03 bits per heavy atom. The lowest BCUT2D eigenvalue weighted by molar-refractivity contribution is -0.122. The van der Waals surface area contributed by atoms with Gasteiger partial charge in [-0.1, -0.05) is 30.9 Å². The van der Waals surface area contributed by atoms with Crippen LogP contribution >= 0.6 is 23.8 Å². The van der Waals surface area contributed by atoms with Gasteiger partial charge in [-0.25, -0.2) is 0 Å². The number of benzene rings is 2. The van der Waals surface area contributed by atoms with E-state index in [9.17, 15) is 14.4 Å². The van der Waals surface area contributed by atoms with Crippen LogP contribution in [0.15, 0.2) is 42.5 Å². The van der Waals surface area contributed by atoms with Gasteiger partial charge in [0.05, 0.1) is 0 Å². The van der Waals surface area contributed by atoms with Gasteiger partial charge in [0.25, 0.3) is 11.8 Å². The van der Waals surface area contributed by atoms with Gasteiger partial charge in [0.15, 0.2) is 11.7 Å². The first-order valence-electron chi connectivity index (χ1n) is 11.0. The van der Waals surface area contributed by atoms with E-state index in [1.54, 1.807) is 42.5 Å². The lowest BCUT2D eigenvalue weighted by Gasteiger charge is -2.20. The van der Waals surface area contributed by atoms with Gasteiger partial charge < -0.3 is 10.1 Å². The second-order valence-corrected chi connectivity index (χ2v) is 8.90. The molecule has 180 valence electrons. The van der Waals surface area contributed by atoms with Crippen molar-refractivity contribution in [2.24, 2.45) is 5.92 Å². The molecular formula is C24H27ClN4O4S. The zero-order valence-electron chi connectivity index (χ0n) is 18.8. The van der Waals surface area contributed by atoms with Gasteiger partial charge in [-0.05, 0) is 80.0 Å². The number of hydrogen-bond donors (Lipinski definition) is 4. The molecule has 8 nitrogen and oxygen atoms in total. The number of nitrogens with one attached hydrogen (secondary N) is 4. The molecule has 10 heteroatoms. The Morgan fingerprint density at radius 3 is 2.41 bits per heavy atom. The fourth-order valence-corrected chi connectivity index (χ4v) is 4.00. The Balaban J connectivity index is 1.39. The first-order valence-corrected chi connectivity index (χ1v) is 11.8. The highest BCUT2D eigenvalue weighted by Crippen LogP contribution is 2.25. The molecule has 1 fully saturated rings. The van der Waals surface area contributed by atoms with Crippen LogP contribution in [-0.4, -0.2) is 29.4 Å². The molecule has 0 spiro atoms. The van der Waals surface area contributed by atoms with Crippen molar-refractivity contribution in [3.8, 4) is 5.75 Å². The maximum absolute atomic E-state index is 12.3. The summed E-state index contributed by atoms with van der Waals surface area (Å²) >= 11 is 10.9. The number of rotatable bonds is 6. The maximum Gasteiger partial charge on any atom is 0.269 e. The van der Waals surface area contributed by atoms with E-state index in [1.165, 1.54) is 6.42 Å². The monoisotopic (exact) mass is 502 g/mol. The Labute approximate surface area is 208 Å². The molecule has 2 aromatic carbocycles. The SMILES string of the molecule is Cc1cc(Cl)ccc1OCC(=O)NC(=S)NNC(=O)c1ccc(NC(=O)C2CCCCC2)cc1. The van der Waals surface area contributed by atoms with Gasteiger partial charge in [0.1, 0.15) is 5.75 Å². The van der Waals surface area contributed by atoms with E-state index in [2.05, 4.69) is 21.5 Å². The number of halogens is 1. The molecule has 2 aromatic rings. The van der Waals surface area contributed by atoms with Crippen LogP contribution in [0.5, 0.6) is 5.75 Å². The van der Waals surface area contributed by atoms with Gasteiger partial charge in [-0.3, -0.25) is 30.6 Å². The van der Waals surface area contributed by atoms with Crippen LogP contribution in [0.4, 0.5) is 5.69 Å². The van der Waals surface area contributed by atoms with Gasteiger partial charge in [-0.15, -0.1) is 0 Å². The van der Waals surface area contributed by atoms with Gasteiger partial charge in [-0.2, -0.15) is 0 Å². The van der Waals surface area contributed by atoms with Gasteiger partial charge >= 0.3 is 0 Å². The number of anilines is 1. The van der Waals surface area contributed by atoms with Crippen LogP contribution in [0, 0.1) is 12.8 Å². The fraction of sp³-hybridized carbons (Fsp3) is 0.333. The largest absolute Gasteiger partial charge is 0.483 e. The van der Waals surface area contributed by atoms with Crippen LogP contribution in [-0.2, 0) is 9.59 Å². The van der Waals surface area contributed by atoms with Crippen molar-refractivity contribution in [1.29, 1.82) is 0 Å². The molecule has 4 N–H and O–H groups in total. The Morgan fingerprint density at radius 2 is 1.74 bits per heavy atom. The lowest BCUT2D eigenvalue weighted by atomic mass is 9.88. The third kappa shape index (κ3) is 7.71. The normalized spacial score (nSPS) is 13.5. The molecule has 0 atom stereocenters. The molecular weight excluding hydrogens is 476 g/mol. The summed E-state index contributed by atoms with van der Waals surface area (Å²) in [5.41, 5.74) is 6.69. The van der Waals surface area contributed by atoms with Crippen LogP contribution < -0.4 is 26.2 Å². The van der Waals surface area contributed by atoms with Crippen molar-refractivity contribution >= 4 is 52.3 Å². The van der Waals surface area contributed by atoms with Crippen LogP contribution in [0.25, 0.3) is 0 Å². The Hall–Kier alpha value is -3.17. The molecule has 0 radical (unpaired) electrons. The molecule has 0 unspecified atom stereocenters. The molecule has 0 bridgehead atoms. The molecule has 3 rings (SSSR count). The maximum atomic E-state index is 12.3. The molecule has 0 aromatic heterocycles. The molecule has 1 aliphatic rings. The van der Waals surface area contributed by atoms with E-state index in [0.717, 1.165) is 31.2 Å². The smallest absolute Gasteiger partial charge is 0.269 e. The van der Waals surface area contributed by atoms with E-state index >= 15 is 0 Å². The van der Waals surface area contributed by atoms with Gasteiger partial charge in [0, 0.05) is 22.2 Å². The van der Waals surface area contributed by atoms with Crippen molar-refractivity contribution in [2.75, 3.05) is 11.9 Å². The van der Waals surface area contributed by atoms with E-state index in [0.29, 0.717) is 22.0 Å². The number of hydrazine groups is 1. The quantitative estimate of drug-likeness (QED) is 0.352. The predicted molar refractivity (Wildman–Crippen MR) is 135 cm³/mol. The average molecular weight is 503 g/mol. The Kier molecular flexibility index (Phi) is 9.24. The molecule has 0 heterocycles. The number of carbonyl (C=O) groups excluding carboxylic acids is 3. The first kappa shape index (κ1) is 25.5. The Bertz CT molecular complexity index is 1060.